The molecule has 1 aliphatic rings. The SMILES string of the molecule is CC(C)C[C@@H]1NC(=O)c2ccc(Cl)cc2OCCCn2cc(nn2)CNC(=O)[C@@H](Cc2ccccc2)NC(=O)[C@H]([C@@H](C)O)NC(=O)c2csc1n2. The Morgan fingerprint density at radius 2 is 1.78 bits per heavy atom. The molecular weight excluding hydrogens is 696 g/mol. The molecule has 4 bridgehead atoms. The minimum atomic E-state index is -1.41. The second kappa shape index (κ2) is 17.4. The Morgan fingerprint density at radius 3 is 2.53 bits per heavy atom. The fourth-order valence-corrected chi connectivity index (χ4v) is 6.49. The molecule has 4 aromatic rings. The molecular formula is C35H41ClN8O6S. The first-order valence-corrected chi connectivity index (χ1v) is 17.9. The van der Waals surface area contributed by atoms with E-state index in [0.717, 1.165) is 5.56 Å². The van der Waals surface area contributed by atoms with Crippen LogP contribution in [0, 0.1) is 5.92 Å². The van der Waals surface area contributed by atoms with Gasteiger partial charge in [0.1, 0.15) is 34.2 Å². The summed E-state index contributed by atoms with van der Waals surface area (Å²) >= 11 is 7.45. The van der Waals surface area contributed by atoms with Crippen LogP contribution in [0.4, 0.5) is 0 Å². The van der Waals surface area contributed by atoms with E-state index >= 15 is 0 Å². The zero-order chi connectivity index (χ0) is 36.5. The Balaban J connectivity index is 1.45. The number of carbonyl (C=O) groups excluding carboxylic acids is 4. The number of hydrogen-bond acceptors (Lipinski definition) is 10. The lowest BCUT2D eigenvalue weighted by Crippen LogP contribution is -2.57. The molecule has 270 valence electrons. The average Bonchev–Trinajstić information content (AvgIpc) is 3.77. The summed E-state index contributed by atoms with van der Waals surface area (Å²) in [6, 6.07) is 10.9. The standard InChI is InChI=1S/C35H41ClN8O6S/c1-20(2)14-27-35-40-28(19-51-35)33(48)41-30(21(3)45)34(49)38-26(15-22-8-5-4-6-9-22)32(47)37-17-24-18-44(43-42-24)12-7-13-50-29-16-23(36)10-11-25(29)31(46)39-27/h4-6,8-11,16,18-21,26-27,30,45H,7,12-15,17H2,1-3H3,(H,37,47)(H,38,49)(H,39,46)(H,41,48)/t21-,26-,27+,30+/m1/s1. The molecule has 0 unspecified atom stereocenters. The number of aliphatic hydroxyl groups is 1. The van der Waals surface area contributed by atoms with E-state index < -0.39 is 47.9 Å². The monoisotopic (exact) mass is 736 g/mol. The molecule has 1 aliphatic heterocycles. The normalized spacial score (nSPS) is 20.2. The molecule has 0 fully saturated rings. The summed E-state index contributed by atoms with van der Waals surface area (Å²) in [6.45, 7) is 6.12. The largest absolute Gasteiger partial charge is 0.493 e. The lowest BCUT2D eigenvalue weighted by molar-refractivity contribution is -0.131. The number of rotatable bonds is 5. The number of aliphatic hydroxyl groups excluding tert-OH is 1. The molecule has 2 aromatic heterocycles. The van der Waals surface area contributed by atoms with Crippen molar-refractivity contribution in [2.24, 2.45) is 5.92 Å². The molecule has 0 aliphatic carbocycles. The number of hydrogen-bond donors (Lipinski definition) is 5. The van der Waals surface area contributed by atoms with Crippen molar-refractivity contribution in [3.63, 3.8) is 0 Å². The van der Waals surface area contributed by atoms with E-state index in [1.54, 1.807) is 29.1 Å². The second-order valence-electron chi connectivity index (χ2n) is 12.7. The van der Waals surface area contributed by atoms with Gasteiger partial charge in [0.05, 0.1) is 37.1 Å². The van der Waals surface area contributed by atoms with Gasteiger partial charge in [-0.3, -0.25) is 23.9 Å². The van der Waals surface area contributed by atoms with Crippen LogP contribution in [0.1, 0.15) is 76.8 Å². The van der Waals surface area contributed by atoms with Gasteiger partial charge >= 0.3 is 0 Å². The number of aromatic nitrogens is 4. The molecule has 51 heavy (non-hydrogen) atoms. The van der Waals surface area contributed by atoms with Crippen LogP contribution in [-0.4, -0.2) is 73.5 Å². The van der Waals surface area contributed by atoms with Crippen LogP contribution < -0.4 is 26.0 Å². The third-order valence-corrected chi connectivity index (χ3v) is 9.23. The number of benzene rings is 2. The van der Waals surface area contributed by atoms with Crippen molar-refractivity contribution in [3.8, 4) is 5.75 Å². The van der Waals surface area contributed by atoms with Crippen LogP contribution in [0.2, 0.25) is 5.02 Å². The predicted octanol–water partition coefficient (Wildman–Crippen LogP) is 3.21. The molecule has 0 radical (unpaired) electrons. The molecule has 0 saturated heterocycles. The molecule has 3 heterocycles. The molecule has 5 rings (SSSR count). The summed E-state index contributed by atoms with van der Waals surface area (Å²) in [5.74, 6) is -1.88. The number of nitrogens with one attached hydrogen (secondary N) is 4. The van der Waals surface area contributed by atoms with Crippen LogP contribution in [0.3, 0.4) is 0 Å². The van der Waals surface area contributed by atoms with Gasteiger partial charge in [0.25, 0.3) is 11.8 Å². The molecule has 5 N–H and O–H groups in total. The Labute approximate surface area is 304 Å². The van der Waals surface area contributed by atoms with Crippen molar-refractivity contribution < 1.29 is 29.0 Å². The van der Waals surface area contributed by atoms with Crippen molar-refractivity contribution in [2.75, 3.05) is 6.61 Å². The van der Waals surface area contributed by atoms with Gasteiger partial charge in [0.15, 0.2) is 0 Å². The first-order valence-electron chi connectivity index (χ1n) is 16.7. The molecule has 0 saturated carbocycles. The highest BCUT2D eigenvalue weighted by Gasteiger charge is 2.31. The highest BCUT2D eigenvalue weighted by molar-refractivity contribution is 7.09. The third-order valence-electron chi connectivity index (χ3n) is 8.04. The van der Waals surface area contributed by atoms with Gasteiger partial charge in [-0.2, -0.15) is 0 Å². The van der Waals surface area contributed by atoms with Crippen LogP contribution >= 0.6 is 22.9 Å². The summed E-state index contributed by atoms with van der Waals surface area (Å²) in [4.78, 5) is 58.6. The van der Waals surface area contributed by atoms with Gasteiger partial charge in [0.2, 0.25) is 11.8 Å². The molecule has 4 amide bonds. The molecule has 2 aromatic carbocycles. The predicted molar refractivity (Wildman–Crippen MR) is 190 cm³/mol. The van der Waals surface area contributed by atoms with Gasteiger partial charge in [-0.25, -0.2) is 4.98 Å². The minimum absolute atomic E-state index is 0.00746. The zero-order valence-electron chi connectivity index (χ0n) is 28.5. The summed E-state index contributed by atoms with van der Waals surface area (Å²) < 4.78 is 7.63. The maximum Gasteiger partial charge on any atom is 0.271 e. The second-order valence-corrected chi connectivity index (χ2v) is 14.0. The van der Waals surface area contributed by atoms with E-state index in [2.05, 4.69) is 36.6 Å². The summed E-state index contributed by atoms with van der Waals surface area (Å²) in [6.07, 6.45) is 1.58. The molecule has 16 heteroatoms. The molecule has 14 nitrogen and oxygen atoms in total. The quantitative estimate of drug-likeness (QED) is 0.205. The van der Waals surface area contributed by atoms with E-state index in [1.807, 2.05) is 44.2 Å². The Kier molecular flexibility index (Phi) is 12.7. The van der Waals surface area contributed by atoms with Gasteiger partial charge in [-0.1, -0.05) is 61.0 Å². The van der Waals surface area contributed by atoms with E-state index in [1.165, 1.54) is 23.6 Å². The summed E-state index contributed by atoms with van der Waals surface area (Å²) in [5.41, 5.74) is 1.57. The summed E-state index contributed by atoms with van der Waals surface area (Å²) in [5, 5.41) is 32.4. The average molecular weight is 737 g/mol. The van der Waals surface area contributed by atoms with E-state index in [9.17, 15) is 24.3 Å². The number of fused-ring (bicyclic) bond motifs is 5. The topological polar surface area (TPSA) is 189 Å². The number of amides is 4. The van der Waals surface area contributed by atoms with Gasteiger partial charge < -0.3 is 31.1 Å². The maximum absolute atomic E-state index is 13.6. The number of thiazole rings is 1. The first-order chi connectivity index (χ1) is 24.5. The van der Waals surface area contributed by atoms with Crippen LogP contribution in [0.25, 0.3) is 0 Å². The maximum atomic E-state index is 13.6. The number of halogens is 1. The highest BCUT2D eigenvalue weighted by Crippen LogP contribution is 2.28. The Morgan fingerprint density at radius 1 is 1.00 bits per heavy atom. The van der Waals surface area contributed by atoms with Crippen LogP contribution in [0.5, 0.6) is 5.75 Å². The number of aryl methyl sites for hydroxylation is 1. The fourth-order valence-electron chi connectivity index (χ4n) is 5.46. The van der Waals surface area contributed by atoms with Crippen LogP contribution in [0.15, 0.2) is 60.1 Å². The van der Waals surface area contributed by atoms with Crippen LogP contribution in [-0.2, 0) is 29.1 Å². The van der Waals surface area contributed by atoms with Crippen molar-refractivity contribution in [2.45, 2.75) is 77.4 Å². The number of nitrogens with zero attached hydrogens (tertiary/aromatic N) is 4. The molecule has 0 spiro atoms. The number of ether oxygens (including phenoxy) is 1. The number of carbonyl (C=O) groups is 4. The minimum Gasteiger partial charge on any atom is -0.493 e. The van der Waals surface area contributed by atoms with Gasteiger partial charge in [0, 0.05) is 29.8 Å². The van der Waals surface area contributed by atoms with E-state index in [0.29, 0.717) is 40.9 Å². The van der Waals surface area contributed by atoms with E-state index in [-0.39, 0.29) is 36.7 Å². The third kappa shape index (κ3) is 10.3. The lowest BCUT2D eigenvalue weighted by atomic mass is 10.0. The first kappa shape index (κ1) is 37.4. The highest BCUT2D eigenvalue weighted by atomic mass is 35.5. The smallest absolute Gasteiger partial charge is 0.271 e. The van der Waals surface area contributed by atoms with Crippen molar-refractivity contribution in [1.82, 2.24) is 41.2 Å². The molecule has 4 atom stereocenters. The van der Waals surface area contributed by atoms with Crippen molar-refractivity contribution >= 4 is 46.6 Å². The lowest BCUT2D eigenvalue weighted by Gasteiger charge is -2.24. The van der Waals surface area contributed by atoms with Gasteiger partial charge in [-0.05, 0) is 43.0 Å². The fraction of sp³-hybridized carbons (Fsp3) is 0.400. The van der Waals surface area contributed by atoms with Crippen molar-refractivity contribution in [1.29, 1.82) is 0 Å². The van der Waals surface area contributed by atoms with Crippen molar-refractivity contribution in [3.05, 3.63) is 92.7 Å². The Bertz CT molecular complexity index is 1830. The Hall–Kier alpha value is -4.86. The zero-order valence-corrected chi connectivity index (χ0v) is 30.0. The van der Waals surface area contributed by atoms with E-state index in [4.69, 9.17) is 16.3 Å². The summed E-state index contributed by atoms with van der Waals surface area (Å²) in [7, 11) is 0. The van der Waals surface area contributed by atoms with Gasteiger partial charge in [-0.15, -0.1) is 16.4 Å².